The summed E-state index contributed by atoms with van der Waals surface area (Å²) in [5.74, 6) is 0.976. The van der Waals surface area contributed by atoms with E-state index >= 15 is 0 Å². The Labute approximate surface area is 121 Å². The second-order valence-corrected chi connectivity index (χ2v) is 5.24. The van der Waals surface area contributed by atoms with Crippen molar-refractivity contribution in [1.82, 2.24) is 10.1 Å². The summed E-state index contributed by atoms with van der Waals surface area (Å²) in [4.78, 5) is 3.45. The minimum Gasteiger partial charge on any atom is -0.360 e. The zero-order valence-electron chi connectivity index (χ0n) is 10.2. The maximum atomic E-state index is 13.0. The van der Waals surface area contributed by atoms with Gasteiger partial charge in [-0.15, -0.1) is 0 Å². The van der Waals surface area contributed by atoms with Crippen molar-refractivity contribution in [3.63, 3.8) is 0 Å². The van der Waals surface area contributed by atoms with E-state index in [1.54, 1.807) is 0 Å². The fourth-order valence-electron chi connectivity index (χ4n) is 2.15. The molecule has 0 aliphatic heterocycles. The number of nitrogens with zero attached hydrogens (tertiary/aromatic N) is 2. The van der Waals surface area contributed by atoms with Gasteiger partial charge in [-0.1, -0.05) is 21.1 Å². The number of pyridine rings is 1. The summed E-state index contributed by atoms with van der Waals surface area (Å²) in [6.07, 6.45) is -1.40. The van der Waals surface area contributed by atoms with Gasteiger partial charge in [-0.3, -0.25) is 4.98 Å². The smallest absolute Gasteiger partial charge is 0.360 e. The van der Waals surface area contributed by atoms with Gasteiger partial charge in [0.2, 0.25) is 0 Å². The van der Waals surface area contributed by atoms with E-state index in [2.05, 4.69) is 26.1 Å². The summed E-state index contributed by atoms with van der Waals surface area (Å²) in [5, 5.41) is 4.25. The highest BCUT2D eigenvalue weighted by molar-refractivity contribution is 9.08. The van der Waals surface area contributed by atoms with E-state index in [4.69, 9.17) is 4.52 Å². The van der Waals surface area contributed by atoms with Gasteiger partial charge in [-0.25, -0.2) is 0 Å². The van der Waals surface area contributed by atoms with Gasteiger partial charge in [0.25, 0.3) is 0 Å². The van der Waals surface area contributed by atoms with Crippen LogP contribution in [0.3, 0.4) is 0 Å². The molecule has 3 nitrogen and oxygen atoms in total. The lowest BCUT2D eigenvalue weighted by Crippen LogP contribution is -2.10. The first kappa shape index (κ1) is 13.6. The number of rotatable bonds is 3. The quantitative estimate of drug-likeness (QED) is 0.766. The van der Waals surface area contributed by atoms with Gasteiger partial charge in [0, 0.05) is 28.6 Å². The molecule has 7 heteroatoms. The van der Waals surface area contributed by atoms with Gasteiger partial charge in [-0.2, -0.15) is 13.2 Å². The molecule has 0 atom stereocenters. The predicted molar refractivity (Wildman–Crippen MR) is 69.3 cm³/mol. The number of aromatic nitrogens is 2. The van der Waals surface area contributed by atoms with Crippen molar-refractivity contribution in [2.75, 3.05) is 0 Å². The summed E-state index contributed by atoms with van der Waals surface area (Å²) >= 11 is 3.31. The second kappa shape index (κ2) is 4.87. The van der Waals surface area contributed by atoms with Crippen molar-refractivity contribution in [1.29, 1.82) is 0 Å². The highest BCUT2D eigenvalue weighted by atomic mass is 79.9. The van der Waals surface area contributed by atoms with E-state index in [1.165, 1.54) is 12.1 Å². The van der Waals surface area contributed by atoms with E-state index in [-0.39, 0.29) is 17.2 Å². The lowest BCUT2D eigenvalue weighted by molar-refractivity contribution is -0.140. The van der Waals surface area contributed by atoms with Crippen LogP contribution in [-0.4, -0.2) is 10.1 Å². The minimum absolute atomic E-state index is 0.0369. The summed E-state index contributed by atoms with van der Waals surface area (Å²) in [5.41, 5.74) is -0.0573. The third-order valence-electron chi connectivity index (χ3n) is 3.23. The van der Waals surface area contributed by atoms with Crippen LogP contribution < -0.4 is 0 Å². The minimum atomic E-state index is -4.52. The molecule has 20 heavy (non-hydrogen) atoms. The molecule has 106 valence electrons. The molecule has 0 bridgehead atoms. The number of halogens is 4. The lowest BCUT2D eigenvalue weighted by atomic mass is 10.0. The van der Waals surface area contributed by atoms with Crippen molar-refractivity contribution < 1.29 is 17.7 Å². The van der Waals surface area contributed by atoms with Crippen molar-refractivity contribution in [3.8, 4) is 11.3 Å². The Morgan fingerprint density at radius 1 is 1.35 bits per heavy atom. The first-order chi connectivity index (χ1) is 9.52. The Bertz CT molecular complexity index is 635. The van der Waals surface area contributed by atoms with E-state index in [1.807, 2.05) is 0 Å². The number of hydrogen-bond acceptors (Lipinski definition) is 3. The van der Waals surface area contributed by atoms with Gasteiger partial charge in [-0.05, 0) is 25.0 Å². The summed E-state index contributed by atoms with van der Waals surface area (Å²) < 4.78 is 44.3. The number of hydrogen-bond donors (Lipinski definition) is 0. The van der Waals surface area contributed by atoms with Crippen LogP contribution in [0.1, 0.15) is 35.8 Å². The summed E-state index contributed by atoms with van der Waals surface area (Å²) in [6.45, 7) is 0. The van der Waals surface area contributed by atoms with Crippen LogP contribution in [-0.2, 0) is 11.5 Å². The van der Waals surface area contributed by atoms with Crippen LogP contribution >= 0.6 is 15.9 Å². The molecule has 0 radical (unpaired) electrons. The molecule has 0 N–H and O–H groups in total. The molecule has 2 aromatic heterocycles. The molecule has 1 fully saturated rings. The first-order valence-corrected chi connectivity index (χ1v) is 7.21. The van der Waals surface area contributed by atoms with Crippen LogP contribution in [0.25, 0.3) is 11.3 Å². The molecule has 0 saturated heterocycles. The topological polar surface area (TPSA) is 38.9 Å². The lowest BCUT2D eigenvalue weighted by Gasteiger charge is -2.10. The van der Waals surface area contributed by atoms with Crippen LogP contribution in [0.5, 0.6) is 0 Å². The standard InChI is InChI=1S/C13H10BrF3N2O/c14-6-9-10(19-20-11(9)7-3-4-7)8-2-1-5-18-12(8)13(15,16)17/h1-2,5,7H,3-4,6H2. The molecule has 0 unspecified atom stereocenters. The Hall–Kier alpha value is -1.37. The molecule has 3 rings (SSSR count). The monoisotopic (exact) mass is 346 g/mol. The molecule has 1 saturated carbocycles. The van der Waals surface area contributed by atoms with Gasteiger partial charge >= 0.3 is 6.18 Å². The van der Waals surface area contributed by atoms with E-state index in [0.29, 0.717) is 16.7 Å². The maximum Gasteiger partial charge on any atom is 0.434 e. The zero-order chi connectivity index (χ0) is 14.3. The fraction of sp³-hybridized carbons (Fsp3) is 0.385. The Morgan fingerprint density at radius 3 is 2.70 bits per heavy atom. The van der Waals surface area contributed by atoms with Gasteiger partial charge in [0.15, 0.2) is 5.69 Å². The number of alkyl halides is 4. The van der Waals surface area contributed by atoms with Gasteiger partial charge in [0.05, 0.1) is 0 Å². The van der Waals surface area contributed by atoms with Gasteiger partial charge in [0.1, 0.15) is 11.5 Å². The predicted octanol–water partition coefficient (Wildman–Crippen LogP) is 4.53. The second-order valence-electron chi connectivity index (χ2n) is 4.68. The van der Waals surface area contributed by atoms with Crippen LogP contribution in [0.4, 0.5) is 13.2 Å². The molecule has 1 aliphatic rings. The Morgan fingerprint density at radius 2 is 2.10 bits per heavy atom. The highest BCUT2D eigenvalue weighted by Crippen LogP contribution is 2.45. The average molecular weight is 347 g/mol. The molecule has 2 aromatic rings. The van der Waals surface area contributed by atoms with Crippen LogP contribution in [0, 0.1) is 0 Å². The van der Waals surface area contributed by atoms with Crippen LogP contribution in [0.2, 0.25) is 0 Å². The Balaban J connectivity index is 2.14. The third kappa shape index (κ3) is 2.34. The molecular formula is C13H10BrF3N2O. The molecule has 1 aliphatic carbocycles. The molecule has 0 amide bonds. The SMILES string of the molecule is FC(F)(F)c1ncccc1-c1noc(C2CC2)c1CBr. The van der Waals surface area contributed by atoms with E-state index in [9.17, 15) is 13.2 Å². The van der Waals surface area contributed by atoms with Crippen molar-refractivity contribution >= 4 is 15.9 Å². The van der Waals surface area contributed by atoms with E-state index in [0.717, 1.165) is 19.0 Å². The fourth-order valence-corrected chi connectivity index (χ4v) is 2.69. The summed E-state index contributed by atoms with van der Waals surface area (Å²) in [6, 6.07) is 2.84. The highest BCUT2D eigenvalue weighted by Gasteiger charge is 2.38. The normalized spacial score (nSPS) is 15.6. The third-order valence-corrected chi connectivity index (χ3v) is 3.79. The Kier molecular flexibility index (Phi) is 3.32. The van der Waals surface area contributed by atoms with Crippen molar-refractivity contribution in [2.24, 2.45) is 0 Å². The molecule has 0 aromatic carbocycles. The van der Waals surface area contributed by atoms with Crippen molar-refractivity contribution in [2.45, 2.75) is 30.3 Å². The summed E-state index contributed by atoms with van der Waals surface area (Å²) in [7, 11) is 0. The van der Waals surface area contributed by atoms with Crippen molar-refractivity contribution in [3.05, 3.63) is 35.3 Å². The first-order valence-electron chi connectivity index (χ1n) is 6.09. The molecular weight excluding hydrogens is 337 g/mol. The average Bonchev–Trinajstić information content (AvgIpc) is 3.17. The molecule has 0 spiro atoms. The van der Waals surface area contributed by atoms with E-state index < -0.39 is 11.9 Å². The molecule has 2 heterocycles. The van der Waals surface area contributed by atoms with Gasteiger partial charge < -0.3 is 4.52 Å². The van der Waals surface area contributed by atoms with Crippen LogP contribution in [0.15, 0.2) is 22.9 Å². The maximum absolute atomic E-state index is 13.0. The largest absolute Gasteiger partial charge is 0.434 e. The zero-order valence-corrected chi connectivity index (χ0v) is 11.8.